The van der Waals surface area contributed by atoms with Crippen LogP contribution in [-0.2, 0) is 11.3 Å². The van der Waals surface area contributed by atoms with Crippen molar-refractivity contribution in [3.63, 3.8) is 0 Å². The largest absolute Gasteiger partial charge is 0.415 e. The van der Waals surface area contributed by atoms with E-state index in [1.807, 2.05) is 6.92 Å². The van der Waals surface area contributed by atoms with E-state index in [2.05, 4.69) is 10.2 Å². The minimum absolute atomic E-state index is 0.179. The summed E-state index contributed by atoms with van der Waals surface area (Å²) < 4.78 is 10.3. The van der Waals surface area contributed by atoms with Crippen LogP contribution in [-0.4, -0.2) is 29.2 Å². The van der Waals surface area contributed by atoms with Gasteiger partial charge >= 0.3 is 0 Å². The Hall–Kier alpha value is -0.590. The molecule has 0 saturated heterocycles. The van der Waals surface area contributed by atoms with Gasteiger partial charge in [0.25, 0.3) is 5.22 Å². The van der Waals surface area contributed by atoms with Gasteiger partial charge in [0, 0.05) is 12.9 Å². The molecule has 0 spiro atoms. The lowest BCUT2D eigenvalue weighted by atomic mass is 10.5. The van der Waals surface area contributed by atoms with Crippen molar-refractivity contribution in [3.05, 3.63) is 5.89 Å². The number of hydrogen-bond acceptors (Lipinski definition) is 6. The van der Waals surface area contributed by atoms with Crippen LogP contribution < -0.4 is 5.73 Å². The molecule has 74 valence electrons. The van der Waals surface area contributed by atoms with E-state index in [4.69, 9.17) is 14.9 Å². The van der Waals surface area contributed by atoms with Gasteiger partial charge in [-0.05, 0) is 6.92 Å². The fourth-order valence-corrected chi connectivity index (χ4v) is 1.40. The molecule has 2 N–H and O–H groups in total. The first-order valence-corrected chi connectivity index (χ1v) is 4.93. The second-order valence-electron chi connectivity index (χ2n) is 2.52. The van der Waals surface area contributed by atoms with Gasteiger partial charge in [-0.3, -0.25) is 0 Å². The molecule has 0 aliphatic carbocycles. The summed E-state index contributed by atoms with van der Waals surface area (Å²) in [6, 6.07) is 0. The first kappa shape index (κ1) is 10.5. The summed E-state index contributed by atoms with van der Waals surface area (Å²) in [5, 5.41) is 8.08. The van der Waals surface area contributed by atoms with Crippen LogP contribution in [0.4, 0.5) is 0 Å². The number of rotatable bonds is 5. The molecule has 1 aromatic heterocycles. The van der Waals surface area contributed by atoms with Gasteiger partial charge in [-0.15, -0.1) is 10.2 Å². The number of nitrogens with zero attached hydrogens (tertiary/aromatic N) is 2. The Morgan fingerprint density at radius 1 is 1.62 bits per heavy atom. The summed E-state index contributed by atoms with van der Waals surface area (Å²) in [4.78, 5) is 0. The molecule has 13 heavy (non-hydrogen) atoms. The summed E-state index contributed by atoms with van der Waals surface area (Å²) >= 11 is 1.47. The van der Waals surface area contributed by atoms with Crippen LogP contribution in [0, 0.1) is 0 Å². The highest BCUT2D eigenvalue weighted by Crippen LogP contribution is 2.17. The maximum atomic E-state index is 5.32. The summed E-state index contributed by atoms with van der Waals surface area (Å²) in [6.45, 7) is 2.26. The summed E-state index contributed by atoms with van der Waals surface area (Å²) in [6.07, 6.45) is 0.179. The number of methoxy groups -OCH3 is 1. The number of thioether (sulfide) groups is 1. The highest BCUT2D eigenvalue weighted by atomic mass is 32.2. The second-order valence-corrected chi connectivity index (χ2v) is 3.49. The van der Waals surface area contributed by atoms with E-state index in [0.29, 0.717) is 11.1 Å². The van der Waals surface area contributed by atoms with Gasteiger partial charge in [-0.25, -0.2) is 0 Å². The van der Waals surface area contributed by atoms with Crippen LogP contribution in [0.25, 0.3) is 0 Å². The first-order chi connectivity index (χ1) is 6.26. The molecule has 0 amide bonds. The number of ether oxygens (including phenoxy) is 1. The van der Waals surface area contributed by atoms with Crippen LogP contribution in [0.1, 0.15) is 12.8 Å². The van der Waals surface area contributed by atoms with Crippen molar-refractivity contribution in [1.29, 1.82) is 0 Å². The molecule has 5 nitrogen and oxygen atoms in total. The van der Waals surface area contributed by atoms with Crippen LogP contribution in [0.5, 0.6) is 0 Å². The Morgan fingerprint density at radius 3 is 2.92 bits per heavy atom. The van der Waals surface area contributed by atoms with E-state index in [1.54, 1.807) is 7.11 Å². The Bertz CT molecular complexity index is 254. The molecular weight excluding hydrogens is 190 g/mol. The Balaban J connectivity index is 2.36. The lowest BCUT2D eigenvalue weighted by Crippen LogP contribution is -2.07. The van der Waals surface area contributed by atoms with E-state index in [-0.39, 0.29) is 12.6 Å². The monoisotopic (exact) mass is 203 g/mol. The van der Waals surface area contributed by atoms with Crippen molar-refractivity contribution in [2.75, 3.05) is 12.9 Å². The molecule has 6 heteroatoms. The van der Waals surface area contributed by atoms with Crippen molar-refractivity contribution < 1.29 is 9.15 Å². The smallest absolute Gasteiger partial charge is 0.276 e. The van der Waals surface area contributed by atoms with Crippen LogP contribution in [0.2, 0.25) is 0 Å². The second kappa shape index (κ2) is 5.21. The maximum Gasteiger partial charge on any atom is 0.276 e. The molecule has 1 aromatic rings. The Kier molecular flexibility index (Phi) is 4.20. The zero-order chi connectivity index (χ0) is 9.68. The van der Waals surface area contributed by atoms with Crippen molar-refractivity contribution in [3.8, 4) is 0 Å². The fourth-order valence-electron chi connectivity index (χ4n) is 0.636. The third-order valence-electron chi connectivity index (χ3n) is 1.47. The van der Waals surface area contributed by atoms with Gasteiger partial charge in [-0.2, -0.15) is 0 Å². The molecule has 0 radical (unpaired) electrons. The van der Waals surface area contributed by atoms with Crippen molar-refractivity contribution in [1.82, 2.24) is 10.2 Å². The quantitative estimate of drug-likeness (QED) is 0.708. The summed E-state index contributed by atoms with van der Waals surface area (Å²) in [7, 11) is 1.67. The SMILES string of the molecule is COC(C)CSc1nnc(CN)o1. The molecule has 1 rings (SSSR count). The molecule has 0 saturated carbocycles. The standard InChI is InChI=1S/C7H13N3O2S/c1-5(11-2)4-13-7-10-9-6(3-8)12-7/h5H,3-4,8H2,1-2H3. The molecular formula is C7H13N3O2S. The van der Waals surface area contributed by atoms with Crippen molar-refractivity contribution >= 4 is 11.8 Å². The van der Waals surface area contributed by atoms with Gasteiger partial charge in [0.15, 0.2) is 0 Å². The highest BCUT2D eigenvalue weighted by Gasteiger charge is 2.07. The maximum absolute atomic E-state index is 5.32. The third-order valence-corrected chi connectivity index (χ3v) is 2.51. The van der Waals surface area contributed by atoms with Gasteiger partial charge < -0.3 is 14.9 Å². The zero-order valence-electron chi connectivity index (χ0n) is 7.69. The summed E-state index contributed by atoms with van der Waals surface area (Å²) in [5.74, 6) is 1.26. The van der Waals surface area contributed by atoms with E-state index < -0.39 is 0 Å². The highest BCUT2D eigenvalue weighted by molar-refractivity contribution is 7.99. The van der Waals surface area contributed by atoms with Gasteiger partial charge in [0.2, 0.25) is 5.89 Å². The van der Waals surface area contributed by atoms with E-state index in [9.17, 15) is 0 Å². The van der Waals surface area contributed by atoms with Crippen molar-refractivity contribution in [2.45, 2.75) is 24.8 Å². The lowest BCUT2D eigenvalue weighted by Gasteiger charge is -2.05. The van der Waals surface area contributed by atoms with Crippen LogP contribution in [0.15, 0.2) is 9.64 Å². The fraction of sp³-hybridized carbons (Fsp3) is 0.714. The van der Waals surface area contributed by atoms with Crippen LogP contribution >= 0.6 is 11.8 Å². The van der Waals surface area contributed by atoms with Gasteiger partial charge in [-0.1, -0.05) is 11.8 Å². The van der Waals surface area contributed by atoms with Gasteiger partial charge in [0.1, 0.15) is 0 Å². The summed E-state index contributed by atoms with van der Waals surface area (Å²) in [5.41, 5.74) is 5.32. The molecule has 1 heterocycles. The lowest BCUT2D eigenvalue weighted by molar-refractivity contribution is 0.137. The Labute approximate surface area is 81.0 Å². The van der Waals surface area contributed by atoms with Crippen molar-refractivity contribution in [2.24, 2.45) is 5.73 Å². The molecule has 0 aromatic carbocycles. The molecule has 1 atom stereocenters. The van der Waals surface area contributed by atoms with E-state index in [0.717, 1.165) is 5.75 Å². The van der Waals surface area contributed by atoms with E-state index >= 15 is 0 Å². The number of aromatic nitrogens is 2. The molecule has 0 bridgehead atoms. The minimum Gasteiger partial charge on any atom is -0.415 e. The predicted molar refractivity (Wildman–Crippen MR) is 49.4 cm³/mol. The Morgan fingerprint density at radius 2 is 2.38 bits per heavy atom. The normalized spacial score (nSPS) is 13.2. The van der Waals surface area contributed by atoms with Gasteiger partial charge in [0.05, 0.1) is 12.6 Å². The van der Waals surface area contributed by atoms with Crippen LogP contribution in [0.3, 0.4) is 0 Å². The minimum atomic E-state index is 0.179. The molecule has 0 aliphatic heterocycles. The number of nitrogens with two attached hydrogens (primary N) is 1. The molecule has 0 fully saturated rings. The van der Waals surface area contributed by atoms with E-state index in [1.165, 1.54) is 11.8 Å². The average Bonchev–Trinajstić information content (AvgIpc) is 2.61. The first-order valence-electron chi connectivity index (χ1n) is 3.94. The number of hydrogen-bond donors (Lipinski definition) is 1. The third kappa shape index (κ3) is 3.33. The molecule has 0 aliphatic rings. The zero-order valence-corrected chi connectivity index (χ0v) is 8.50. The predicted octanol–water partition coefficient (Wildman–Crippen LogP) is 0.655. The molecule has 1 unspecified atom stereocenters. The average molecular weight is 203 g/mol. The topological polar surface area (TPSA) is 74.2 Å².